The van der Waals surface area contributed by atoms with Crippen molar-refractivity contribution in [2.75, 3.05) is 0 Å². The Labute approximate surface area is 160 Å². The molecule has 3 rings (SSSR count). The molecule has 144 valence electrons. The van der Waals surface area contributed by atoms with E-state index in [1.807, 2.05) is 52.0 Å². The van der Waals surface area contributed by atoms with Gasteiger partial charge in [-0.05, 0) is 57.9 Å². The summed E-state index contributed by atoms with van der Waals surface area (Å²) >= 11 is 0. The van der Waals surface area contributed by atoms with Gasteiger partial charge in [-0.2, -0.15) is 5.10 Å². The van der Waals surface area contributed by atoms with Crippen molar-refractivity contribution in [2.24, 2.45) is 5.92 Å². The summed E-state index contributed by atoms with van der Waals surface area (Å²) in [5, 5.41) is 4.62. The molecule has 0 amide bonds. The Kier molecular flexibility index (Phi) is 5.28. The van der Waals surface area contributed by atoms with E-state index in [-0.39, 0.29) is 0 Å². The first kappa shape index (κ1) is 19.8. The summed E-state index contributed by atoms with van der Waals surface area (Å²) in [5.41, 5.74) is 0.498. The first-order valence-electron chi connectivity index (χ1n) is 9.31. The number of rotatable bonds is 5. The van der Waals surface area contributed by atoms with E-state index in [4.69, 9.17) is 9.31 Å². The first-order valence-corrected chi connectivity index (χ1v) is 9.31. The van der Waals surface area contributed by atoms with Crippen molar-refractivity contribution in [1.29, 1.82) is 0 Å². The number of pyridine rings is 1. The minimum Gasteiger partial charge on any atom is -0.398 e. The van der Waals surface area contributed by atoms with Crippen LogP contribution >= 0.6 is 0 Å². The Morgan fingerprint density at radius 1 is 1.19 bits per heavy atom. The lowest BCUT2D eigenvalue weighted by Gasteiger charge is -2.32. The highest BCUT2D eigenvalue weighted by molar-refractivity contribution is 6.54. The van der Waals surface area contributed by atoms with Crippen LogP contribution in [0.1, 0.15) is 47.2 Å². The number of hydrogen-bond donors (Lipinski definition) is 0. The highest BCUT2D eigenvalue weighted by Crippen LogP contribution is 2.39. The van der Waals surface area contributed by atoms with Crippen molar-refractivity contribution in [3.05, 3.63) is 41.9 Å². The molecule has 5 nitrogen and oxygen atoms in total. The van der Waals surface area contributed by atoms with Crippen molar-refractivity contribution < 1.29 is 13.7 Å². The molecule has 3 heterocycles. The van der Waals surface area contributed by atoms with Gasteiger partial charge in [0.15, 0.2) is 0 Å². The lowest BCUT2D eigenvalue weighted by atomic mass is 9.87. The molecule has 27 heavy (non-hydrogen) atoms. The Bertz CT molecular complexity index is 815. The van der Waals surface area contributed by atoms with Crippen LogP contribution in [0.2, 0.25) is 0 Å². The van der Waals surface area contributed by atoms with Crippen molar-refractivity contribution >= 4 is 13.2 Å². The van der Waals surface area contributed by atoms with Gasteiger partial charge in [-0.3, -0.25) is 9.67 Å². The van der Waals surface area contributed by atoms with Crippen LogP contribution in [0.25, 0.3) is 17.5 Å². The van der Waals surface area contributed by atoms with Crippen LogP contribution in [0.3, 0.4) is 0 Å². The predicted octanol–water partition coefficient (Wildman–Crippen LogP) is 4.54. The van der Waals surface area contributed by atoms with Crippen LogP contribution < -0.4 is 0 Å². The van der Waals surface area contributed by atoms with E-state index < -0.39 is 24.0 Å². The van der Waals surface area contributed by atoms with Crippen LogP contribution in [0.15, 0.2) is 36.2 Å². The van der Waals surface area contributed by atoms with Crippen molar-refractivity contribution in [3.63, 3.8) is 0 Å². The van der Waals surface area contributed by atoms with Gasteiger partial charge in [0.2, 0.25) is 0 Å². The smallest absolute Gasteiger partial charge is 0.398 e. The molecule has 1 fully saturated rings. The highest BCUT2D eigenvalue weighted by Gasteiger charge is 2.53. The van der Waals surface area contributed by atoms with Gasteiger partial charge >= 0.3 is 7.12 Å². The van der Waals surface area contributed by atoms with Gasteiger partial charge in [0.05, 0.1) is 22.6 Å². The van der Waals surface area contributed by atoms with Gasteiger partial charge in [-0.25, -0.2) is 4.39 Å². The fourth-order valence-electron chi connectivity index (χ4n) is 2.84. The van der Waals surface area contributed by atoms with Gasteiger partial charge in [0.25, 0.3) is 0 Å². The maximum absolute atomic E-state index is 15.0. The molecule has 2 aromatic heterocycles. The maximum atomic E-state index is 15.0. The third-order valence-corrected chi connectivity index (χ3v) is 5.04. The molecule has 0 atom stereocenters. The van der Waals surface area contributed by atoms with Gasteiger partial charge in [-0.1, -0.05) is 19.9 Å². The van der Waals surface area contributed by atoms with Gasteiger partial charge < -0.3 is 9.31 Å². The summed E-state index contributed by atoms with van der Waals surface area (Å²) in [4.78, 5) is 4.34. The Hall–Kier alpha value is -1.99. The lowest BCUT2D eigenvalue weighted by Crippen LogP contribution is -2.41. The van der Waals surface area contributed by atoms with E-state index in [1.165, 1.54) is 6.08 Å². The third kappa shape index (κ3) is 4.14. The molecule has 0 N–H and O–H groups in total. The SMILES string of the molecule is CC(C)Cn1nc(-c2ccccn2)cc1C=C(F)B1OC(C)(C)C(C)(C)O1. The fraction of sp³-hybridized carbons (Fsp3) is 0.500. The Balaban J connectivity index is 1.93. The van der Waals surface area contributed by atoms with Crippen molar-refractivity contribution in [1.82, 2.24) is 14.8 Å². The number of halogens is 1. The van der Waals surface area contributed by atoms with Crippen LogP contribution in [-0.2, 0) is 15.9 Å². The molecule has 0 unspecified atom stereocenters. The molecule has 0 saturated carbocycles. The molecule has 1 aliphatic rings. The molecule has 2 aromatic rings. The molecule has 1 saturated heterocycles. The largest absolute Gasteiger partial charge is 0.525 e. The highest BCUT2D eigenvalue weighted by atomic mass is 19.1. The zero-order chi connectivity index (χ0) is 19.8. The summed E-state index contributed by atoms with van der Waals surface area (Å²) in [7, 11) is -1.02. The lowest BCUT2D eigenvalue weighted by molar-refractivity contribution is 0.00578. The maximum Gasteiger partial charge on any atom is 0.525 e. The molecule has 0 radical (unpaired) electrons. The molecule has 0 bridgehead atoms. The topological polar surface area (TPSA) is 49.2 Å². The molecule has 0 spiro atoms. The Morgan fingerprint density at radius 3 is 2.41 bits per heavy atom. The predicted molar refractivity (Wildman–Crippen MR) is 105 cm³/mol. The normalized spacial score (nSPS) is 19.1. The third-order valence-electron chi connectivity index (χ3n) is 5.04. The van der Waals surface area contributed by atoms with Crippen LogP contribution in [0.5, 0.6) is 0 Å². The average Bonchev–Trinajstić information content (AvgIpc) is 3.05. The van der Waals surface area contributed by atoms with E-state index in [2.05, 4.69) is 23.9 Å². The van der Waals surface area contributed by atoms with E-state index in [9.17, 15) is 4.39 Å². The number of aromatic nitrogens is 3. The number of hydrogen-bond acceptors (Lipinski definition) is 4. The quantitative estimate of drug-likeness (QED) is 0.724. The fourth-order valence-corrected chi connectivity index (χ4v) is 2.84. The van der Waals surface area contributed by atoms with Gasteiger partial charge in [-0.15, -0.1) is 0 Å². The standard InChI is InChI=1S/C20H27BFN3O2/c1-14(2)13-25-15(11-17(24-25)16-9-7-8-10-23-16)12-18(22)21-26-19(3,4)20(5,6)27-21/h7-12,14H,13H2,1-6H3. The zero-order valence-electron chi connectivity index (χ0n) is 16.9. The summed E-state index contributed by atoms with van der Waals surface area (Å²) in [6, 6.07) is 7.49. The molecule has 7 heteroatoms. The van der Waals surface area contributed by atoms with Gasteiger partial charge in [0, 0.05) is 12.7 Å². The average molecular weight is 371 g/mol. The first-order chi connectivity index (χ1) is 12.6. The van der Waals surface area contributed by atoms with Gasteiger partial charge in [0.1, 0.15) is 11.4 Å². The zero-order valence-corrected chi connectivity index (χ0v) is 16.9. The second kappa shape index (κ2) is 7.21. The monoisotopic (exact) mass is 371 g/mol. The molecular weight excluding hydrogens is 344 g/mol. The molecule has 0 aromatic carbocycles. The summed E-state index contributed by atoms with van der Waals surface area (Å²) in [6.45, 7) is 12.5. The number of nitrogens with zero attached hydrogens (tertiary/aromatic N) is 3. The minimum atomic E-state index is -1.02. The minimum absolute atomic E-state index is 0.369. The van der Waals surface area contributed by atoms with Crippen molar-refractivity contribution in [3.8, 4) is 11.4 Å². The second-order valence-electron chi connectivity index (χ2n) is 8.36. The van der Waals surface area contributed by atoms with E-state index >= 15 is 0 Å². The molecule has 0 aliphatic carbocycles. The second-order valence-corrected chi connectivity index (χ2v) is 8.36. The van der Waals surface area contributed by atoms with E-state index in [0.717, 1.165) is 5.69 Å². The molecular formula is C20H27BFN3O2. The summed E-state index contributed by atoms with van der Waals surface area (Å²) in [6.07, 6.45) is 3.17. The van der Waals surface area contributed by atoms with E-state index in [1.54, 1.807) is 10.9 Å². The summed E-state index contributed by atoms with van der Waals surface area (Å²) in [5.74, 6) is 0.369. The van der Waals surface area contributed by atoms with Crippen molar-refractivity contribution in [2.45, 2.75) is 59.3 Å². The summed E-state index contributed by atoms with van der Waals surface area (Å²) < 4.78 is 28.4. The molecule has 1 aliphatic heterocycles. The van der Waals surface area contributed by atoms with Crippen LogP contribution in [0, 0.1) is 5.92 Å². The van der Waals surface area contributed by atoms with E-state index in [0.29, 0.717) is 23.9 Å². The van der Waals surface area contributed by atoms with Crippen LogP contribution in [0.4, 0.5) is 4.39 Å². The Morgan fingerprint density at radius 2 is 1.85 bits per heavy atom. The van der Waals surface area contributed by atoms with Crippen LogP contribution in [-0.4, -0.2) is 33.1 Å².